The van der Waals surface area contributed by atoms with Crippen LogP contribution in [-0.4, -0.2) is 40.4 Å². The molecule has 1 aromatic heterocycles. The first-order chi connectivity index (χ1) is 9.31. The molecular formula is C15H26N4. The molecule has 3 heterocycles. The van der Waals surface area contributed by atoms with Gasteiger partial charge in [0.05, 0.1) is 6.20 Å². The van der Waals surface area contributed by atoms with Crippen LogP contribution >= 0.6 is 0 Å². The standard InChI is InChI=1S/C15H26N4/c1-3-5-19-10-12(6-17-19)9-18-11-13-7-16-8-14(13)15(18)4-2/h6,10,13-16H,3-5,7-9,11H2,1-2H3. The fourth-order valence-electron chi connectivity index (χ4n) is 3.93. The second-order valence-electron chi connectivity index (χ2n) is 6.10. The number of hydrogen-bond donors (Lipinski definition) is 1. The molecule has 2 fully saturated rings. The Kier molecular flexibility index (Phi) is 3.89. The van der Waals surface area contributed by atoms with Gasteiger partial charge in [-0.2, -0.15) is 5.10 Å². The maximum Gasteiger partial charge on any atom is 0.0534 e. The minimum atomic E-state index is 0.759. The Morgan fingerprint density at radius 3 is 3.05 bits per heavy atom. The van der Waals surface area contributed by atoms with E-state index < -0.39 is 0 Å². The highest BCUT2D eigenvalue weighted by atomic mass is 15.3. The van der Waals surface area contributed by atoms with Gasteiger partial charge in [0.1, 0.15) is 0 Å². The van der Waals surface area contributed by atoms with Gasteiger partial charge in [-0.25, -0.2) is 0 Å². The lowest BCUT2D eigenvalue weighted by molar-refractivity contribution is 0.210. The van der Waals surface area contributed by atoms with Crippen LogP contribution < -0.4 is 5.32 Å². The van der Waals surface area contributed by atoms with E-state index in [1.54, 1.807) is 0 Å². The number of nitrogens with zero attached hydrogens (tertiary/aromatic N) is 3. The van der Waals surface area contributed by atoms with Gasteiger partial charge < -0.3 is 5.32 Å². The topological polar surface area (TPSA) is 33.1 Å². The summed E-state index contributed by atoms with van der Waals surface area (Å²) in [5.74, 6) is 1.74. The fourth-order valence-corrected chi connectivity index (χ4v) is 3.93. The molecule has 0 spiro atoms. The van der Waals surface area contributed by atoms with E-state index in [-0.39, 0.29) is 0 Å². The number of aromatic nitrogens is 2. The molecule has 19 heavy (non-hydrogen) atoms. The Labute approximate surface area is 116 Å². The third kappa shape index (κ3) is 2.56. The molecule has 2 aliphatic heterocycles. The van der Waals surface area contributed by atoms with Crippen LogP contribution in [0.5, 0.6) is 0 Å². The smallest absolute Gasteiger partial charge is 0.0534 e. The van der Waals surface area contributed by atoms with Crippen molar-refractivity contribution in [2.24, 2.45) is 11.8 Å². The molecule has 0 aliphatic carbocycles. The van der Waals surface area contributed by atoms with Crippen molar-refractivity contribution in [2.45, 2.75) is 45.8 Å². The van der Waals surface area contributed by atoms with E-state index in [2.05, 4.69) is 46.2 Å². The molecular weight excluding hydrogens is 236 g/mol. The molecule has 3 atom stereocenters. The zero-order valence-corrected chi connectivity index (χ0v) is 12.2. The quantitative estimate of drug-likeness (QED) is 0.877. The highest BCUT2D eigenvalue weighted by Crippen LogP contribution is 2.35. The number of fused-ring (bicyclic) bond motifs is 1. The van der Waals surface area contributed by atoms with Crippen LogP contribution in [0.4, 0.5) is 0 Å². The second-order valence-corrected chi connectivity index (χ2v) is 6.10. The van der Waals surface area contributed by atoms with Gasteiger partial charge in [-0.3, -0.25) is 9.58 Å². The van der Waals surface area contributed by atoms with Crippen molar-refractivity contribution in [2.75, 3.05) is 19.6 Å². The second kappa shape index (κ2) is 5.63. The predicted octanol–water partition coefficient (Wildman–Crippen LogP) is 1.72. The Morgan fingerprint density at radius 1 is 1.37 bits per heavy atom. The van der Waals surface area contributed by atoms with Crippen LogP contribution in [-0.2, 0) is 13.1 Å². The van der Waals surface area contributed by atoms with E-state index in [0.29, 0.717) is 0 Å². The Bertz CT molecular complexity index is 414. The van der Waals surface area contributed by atoms with Crippen molar-refractivity contribution in [1.82, 2.24) is 20.0 Å². The predicted molar refractivity (Wildman–Crippen MR) is 76.9 cm³/mol. The molecule has 2 aliphatic rings. The molecule has 4 heteroatoms. The highest BCUT2D eigenvalue weighted by Gasteiger charge is 2.42. The van der Waals surface area contributed by atoms with Crippen molar-refractivity contribution in [3.8, 4) is 0 Å². The first-order valence-corrected chi connectivity index (χ1v) is 7.78. The number of aryl methyl sites for hydroxylation is 1. The zero-order valence-electron chi connectivity index (χ0n) is 12.2. The summed E-state index contributed by atoms with van der Waals surface area (Å²) in [7, 11) is 0. The minimum absolute atomic E-state index is 0.759. The van der Waals surface area contributed by atoms with Crippen LogP contribution in [0.3, 0.4) is 0 Å². The van der Waals surface area contributed by atoms with Crippen LogP contribution in [0.2, 0.25) is 0 Å². The first kappa shape index (κ1) is 13.1. The Morgan fingerprint density at radius 2 is 2.26 bits per heavy atom. The number of rotatable bonds is 5. The van der Waals surface area contributed by atoms with Gasteiger partial charge in [0.15, 0.2) is 0 Å². The highest BCUT2D eigenvalue weighted by molar-refractivity contribution is 5.07. The van der Waals surface area contributed by atoms with Gasteiger partial charge in [-0.05, 0) is 37.8 Å². The van der Waals surface area contributed by atoms with Gasteiger partial charge in [-0.15, -0.1) is 0 Å². The molecule has 2 saturated heterocycles. The Hall–Kier alpha value is -0.870. The van der Waals surface area contributed by atoms with Crippen molar-refractivity contribution < 1.29 is 0 Å². The lowest BCUT2D eigenvalue weighted by Gasteiger charge is -2.26. The summed E-state index contributed by atoms with van der Waals surface area (Å²) >= 11 is 0. The lowest BCUT2D eigenvalue weighted by atomic mass is 9.93. The zero-order chi connectivity index (χ0) is 13.2. The van der Waals surface area contributed by atoms with E-state index in [1.807, 2.05) is 0 Å². The molecule has 1 aromatic rings. The molecule has 0 aromatic carbocycles. The third-order valence-corrected chi connectivity index (χ3v) is 4.77. The third-order valence-electron chi connectivity index (χ3n) is 4.77. The molecule has 3 unspecified atom stereocenters. The monoisotopic (exact) mass is 262 g/mol. The minimum Gasteiger partial charge on any atom is -0.316 e. The number of likely N-dealkylation sites (tertiary alicyclic amines) is 1. The van der Waals surface area contributed by atoms with Gasteiger partial charge in [0.25, 0.3) is 0 Å². The average Bonchev–Trinajstić information content (AvgIpc) is 3.06. The SMILES string of the molecule is CCCn1cc(CN2CC3CNCC3C2CC)cn1. The first-order valence-electron chi connectivity index (χ1n) is 7.78. The van der Waals surface area contributed by atoms with E-state index in [1.165, 1.54) is 31.6 Å². The average molecular weight is 262 g/mol. The van der Waals surface area contributed by atoms with Crippen molar-refractivity contribution in [3.63, 3.8) is 0 Å². The summed E-state index contributed by atoms with van der Waals surface area (Å²) in [5.41, 5.74) is 1.37. The fraction of sp³-hybridized carbons (Fsp3) is 0.800. The van der Waals surface area contributed by atoms with Crippen molar-refractivity contribution in [1.29, 1.82) is 0 Å². The van der Waals surface area contributed by atoms with E-state index in [9.17, 15) is 0 Å². The summed E-state index contributed by atoms with van der Waals surface area (Å²) in [6.45, 7) is 10.3. The number of nitrogens with one attached hydrogen (secondary N) is 1. The molecule has 106 valence electrons. The van der Waals surface area contributed by atoms with Gasteiger partial charge >= 0.3 is 0 Å². The normalized spacial score (nSPS) is 30.9. The summed E-state index contributed by atoms with van der Waals surface area (Å²) in [6.07, 6.45) is 6.70. The maximum absolute atomic E-state index is 4.45. The summed E-state index contributed by atoms with van der Waals surface area (Å²) in [5, 5.41) is 8.00. The Balaban J connectivity index is 1.65. The summed E-state index contributed by atoms with van der Waals surface area (Å²) in [4.78, 5) is 2.68. The van der Waals surface area contributed by atoms with Gasteiger partial charge in [0, 0.05) is 37.4 Å². The lowest BCUT2D eigenvalue weighted by Crippen LogP contribution is -2.34. The van der Waals surface area contributed by atoms with Crippen molar-refractivity contribution >= 4 is 0 Å². The largest absolute Gasteiger partial charge is 0.316 e. The molecule has 4 nitrogen and oxygen atoms in total. The van der Waals surface area contributed by atoms with E-state index in [4.69, 9.17) is 0 Å². The maximum atomic E-state index is 4.45. The molecule has 3 rings (SSSR count). The summed E-state index contributed by atoms with van der Waals surface area (Å²) in [6, 6.07) is 0.759. The van der Waals surface area contributed by atoms with Crippen LogP contribution in [0.25, 0.3) is 0 Å². The van der Waals surface area contributed by atoms with Crippen LogP contribution in [0, 0.1) is 11.8 Å². The van der Waals surface area contributed by atoms with E-state index >= 15 is 0 Å². The molecule has 1 N–H and O–H groups in total. The van der Waals surface area contributed by atoms with Crippen LogP contribution in [0.15, 0.2) is 12.4 Å². The van der Waals surface area contributed by atoms with Gasteiger partial charge in [-0.1, -0.05) is 13.8 Å². The molecule has 0 saturated carbocycles. The van der Waals surface area contributed by atoms with Crippen LogP contribution in [0.1, 0.15) is 32.3 Å². The molecule has 0 bridgehead atoms. The van der Waals surface area contributed by atoms with E-state index in [0.717, 1.165) is 37.4 Å². The van der Waals surface area contributed by atoms with Gasteiger partial charge in [0.2, 0.25) is 0 Å². The summed E-state index contributed by atoms with van der Waals surface area (Å²) < 4.78 is 2.08. The molecule has 0 amide bonds. The van der Waals surface area contributed by atoms with Crippen molar-refractivity contribution in [3.05, 3.63) is 18.0 Å². The number of hydrogen-bond acceptors (Lipinski definition) is 3. The molecule has 0 radical (unpaired) electrons.